The third kappa shape index (κ3) is 7.56. The number of halogens is 4. The Morgan fingerprint density at radius 1 is 1.16 bits per heavy atom. The van der Waals surface area contributed by atoms with Crippen LogP contribution >= 0.6 is 24.0 Å². The van der Waals surface area contributed by atoms with Crippen molar-refractivity contribution < 1.29 is 27.8 Å². The average Bonchev–Trinajstić information content (AvgIpc) is 2.74. The van der Waals surface area contributed by atoms with Crippen LogP contribution in [0.3, 0.4) is 0 Å². The average molecular weight is 560 g/mol. The Bertz CT molecular complexity index is 713. The molecule has 0 spiro atoms. The summed E-state index contributed by atoms with van der Waals surface area (Å²) in [6.45, 7) is 5.28. The van der Waals surface area contributed by atoms with Crippen molar-refractivity contribution in [3.8, 4) is 11.5 Å². The molecule has 0 aromatic heterocycles. The predicted octanol–water partition coefficient (Wildman–Crippen LogP) is 2.89. The number of benzene rings is 1. The summed E-state index contributed by atoms with van der Waals surface area (Å²) in [7, 11) is 3.06. The second-order valence-electron chi connectivity index (χ2n) is 7.07. The maximum atomic E-state index is 12.9. The van der Waals surface area contributed by atoms with E-state index >= 15 is 0 Å². The first-order valence-electron chi connectivity index (χ1n) is 9.95. The van der Waals surface area contributed by atoms with Gasteiger partial charge in [0.05, 0.1) is 26.9 Å². The van der Waals surface area contributed by atoms with Crippen molar-refractivity contribution in [2.45, 2.75) is 32.2 Å². The minimum atomic E-state index is -4.23. The second kappa shape index (κ2) is 12.5. The van der Waals surface area contributed by atoms with Crippen molar-refractivity contribution >= 4 is 29.9 Å². The highest BCUT2D eigenvalue weighted by Crippen LogP contribution is 2.30. The lowest BCUT2D eigenvalue weighted by atomic mass is 10.1. The lowest BCUT2D eigenvalue weighted by Crippen LogP contribution is -2.56. The molecule has 2 unspecified atom stereocenters. The fourth-order valence-electron chi connectivity index (χ4n) is 3.29. The Morgan fingerprint density at radius 3 is 2.29 bits per heavy atom. The van der Waals surface area contributed by atoms with E-state index in [0.717, 1.165) is 0 Å². The van der Waals surface area contributed by atoms with Crippen molar-refractivity contribution in [3.63, 3.8) is 0 Å². The Hall–Kier alpha value is -1.47. The van der Waals surface area contributed by atoms with E-state index in [4.69, 9.17) is 9.47 Å². The molecule has 7 nitrogen and oxygen atoms in total. The van der Waals surface area contributed by atoms with Crippen molar-refractivity contribution in [3.05, 3.63) is 23.8 Å². The molecule has 178 valence electrons. The number of aliphatic hydroxyl groups is 1. The lowest BCUT2D eigenvalue weighted by molar-refractivity contribution is -0.181. The zero-order chi connectivity index (χ0) is 22.3. The number of nitrogens with zero attached hydrogens (tertiary/aromatic N) is 3. The molecule has 0 amide bonds. The number of hydrogen-bond donors (Lipinski definition) is 2. The molecule has 2 atom stereocenters. The van der Waals surface area contributed by atoms with Crippen LogP contribution in [0.2, 0.25) is 0 Å². The zero-order valence-corrected chi connectivity index (χ0v) is 20.6. The topological polar surface area (TPSA) is 69.6 Å². The molecule has 1 fully saturated rings. The molecule has 0 saturated carbocycles. The summed E-state index contributed by atoms with van der Waals surface area (Å²) in [5.74, 6) is 1.66. The zero-order valence-electron chi connectivity index (χ0n) is 18.3. The lowest BCUT2D eigenvalue weighted by Gasteiger charge is -2.39. The van der Waals surface area contributed by atoms with Gasteiger partial charge in [-0.05, 0) is 31.5 Å². The number of alkyl halides is 3. The molecule has 1 aliphatic heterocycles. The van der Waals surface area contributed by atoms with Gasteiger partial charge in [-0.2, -0.15) is 13.2 Å². The maximum Gasteiger partial charge on any atom is 0.403 e. The van der Waals surface area contributed by atoms with Crippen LogP contribution in [-0.2, 0) is 0 Å². The number of ether oxygens (including phenoxy) is 2. The van der Waals surface area contributed by atoms with Gasteiger partial charge in [0, 0.05) is 32.7 Å². The van der Waals surface area contributed by atoms with Gasteiger partial charge >= 0.3 is 6.18 Å². The molecule has 0 aliphatic carbocycles. The van der Waals surface area contributed by atoms with Gasteiger partial charge in [-0.15, -0.1) is 24.0 Å². The standard InChI is InChI=1S/C20H31F3N4O3.HI/c1-5-24-19(27-10-8-26(9-11-27)14(2)20(21,22)23)25-13-16(28)15-6-7-17(29-3)18(12-15)30-4;/h6-7,12,14,16,28H,5,8-11,13H2,1-4H3,(H,24,25);1H. The summed E-state index contributed by atoms with van der Waals surface area (Å²) in [6, 6.07) is 3.69. The third-order valence-electron chi connectivity index (χ3n) is 5.18. The third-order valence-corrected chi connectivity index (χ3v) is 5.18. The summed E-state index contributed by atoms with van der Waals surface area (Å²) < 4.78 is 49.3. The molecule has 2 N–H and O–H groups in total. The molecule has 1 aromatic carbocycles. The van der Waals surface area contributed by atoms with Crippen LogP contribution in [-0.4, -0.2) is 86.6 Å². The highest BCUT2D eigenvalue weighted by Gasteiger charge is 2.41. The molecule has 1 heterocycles. The first-order valence-corrected chi connectivity index (χ1v) is 9.95. The molecule has 1 aromatic rings. The van der Waals surface area contributed by atoms with Crippen molar-refractivity contribution in [1.82, 2.24) is 15.1 Å². The fraction of sp³-hybridized carbons (Fsp3) is 0.650. The number of methoxy groups -OCH3 is 2. The van der Waals surface area contributed by atoms with E-state index in [-0.39, 0.29) is 30.5 Å². The van der Waals surface area contributed by atoms with Crippen molar-refractivity contribution in [1.29, 1.82) is 0 Å². The van der Waals surface area contributed by atoms with Gasteiger partial charge in [0.15, 0.2) is 17.5 Å². The Morgan fingerprint density at radius 2 is 1.77 bits per heavy atom. The number of nitrogens with one attached hydrogen (secondary N) is 1. The molecular formula is C20H32F3IN4O3. The van der Waals surface area contributed by atoms with Gasteiger partial charge in [0.2, 0.25) is 0 Å². The molecule has 1 saturated heterocycles. The van der Waals surface area contributed by atoms with Crippen LogP contribution < -0.4 is 14.8 Å². The second-order valence-corrected chi connectivity index (χ2v) is 7.07. The molecule has 2 rings (SSSR count). The van der Waals surface area contributed by atoms with E-state index in [2.05, 4.69) is 10.3 Å². The molecule has 0 bridgehead atoms. The quantitative estimate of drug-likeness (QED) is 0.304. The Labute approximate surface area is 198 Å². The number of aliphatic hydroxyl groups excluding tert-OH is 1. The minimum absolute atomic E-state index is 0. The van der Waals surface area contributed by atoms with Gasteiger partial charge in [0.1, 0.15) is 6.04 Å². The van der Waals surface area contributed by atoms with E-state index < -0.39 is 18.3 Å². The van der Waals surface area contributed by atoms with E-state index in [1.807, 2.05) is 11.8 Å². The van der Waals surface area contributed by atoms with Gasteiger partial charge in [-0.3, -0.25) is 9.89 Å². The van der Waals surface area contributed by atoms with Gasteiger partial charge in [-0.1, -0.05) is 6.07 Å². The van der Waals surface area contributed by atoms with Gasteiger partial charge in [-0.25, -0.2) is 0 Å². The SMILES string of the molecule is CCNC(=NCC(O)c1ccc(OC)c(OC)c1)N1CCN(C(C)C(F)(F)F)CC1.I. The largest absolute Gasteiger partial charge is 0.493 e. The molecule has 1 aliphatic rings. The molecular weight excluding hydrogens is 528 g/mol. The first kappa shape index (κ1) is 27.6. The van der Waals surface area contributed by atoms with E-state index in [1.54, 1.807) is 18.2 Å². The number of aliphatic imine (C=N–C) groups is 1. The summed E-state index contributed by atoms with van der Waals surface area (Å²) >= 11 is 0. The highest BCUT2D eigenvalue weighted by atomic mass is 127. The fourth-order valence-corrected chi connectivity index (χ4v) is 3.29. The van der Waals surface area contributed by atoms with Crippen LogP contribution in [0.4, 0.5) is 13.2 Å². The van der Waals surface area contributed by atoms with Crippen molar-refractivity contribution in [2.24, 2.45) is 4.99 Å². The molecule has 0 radical (unpaired) electrons. The summed E-state index contributed by atoms with van der Waals surface area (Å²) in [6.07, 6.45) is -5.09. The minimum Gasteiger partial charge on any atom is -0.493 e. The Kier molecular flexibility index (Phi) is 11.1. The number of guanidine groups is 1. The number of hydrogen-bond acceptors (Lipinski definition) is 5. The smallest absolute Gasteiger partial charge is 0.403 e. The van der Waals surface area contributed by atoms with Crippen LogP contribution in [0, 0.1) is 0 Å². The normalized spacial score (nSPS) is 17.5. The van der Waals surface area contributed by atoms with Gasteiger partial charge in [0.25, 0.3) is 0 Å². The monoisotopic (exact) mass is 560 g/mol. The summed E-state index contributed by atoms with van der Waals surface area (Å²) in [5.41, 5.74) is 0.635. The summed E-state index contributed by atoms with van der Waals surface area (Å²) in [4.78, 5) is 7.85. The maximum absolute atomic E-state index is 12.9. The Balaban J connectivity index is 0.00000480. The number of rotatable bonds is 7. The number of piperazine rings is 1. The highest BCUT2D eigenvalue weighted by molar-refractivity contribution is 14.0. The van der Waals surface area contributed by atoms with Crippen LogP contribution in [0.1, 0.15) is 25.5 Å². The van der Waals surface area contributed by atoms with Crippen LogP contribution in [0.25, 0.3) is 0 Å². The first-order chi connectivity index (χ1) is 14.2. The van der Waals surface area contributed by atoms with Gasteiger partial charge < -0.3 is 24.8 Å². The van der Waals surface area contributed by atoms with E-state index in [9.17, 15) is 18.3 Å². The molecule has 11 heteroatoms. The van der Waals surface area contributed by atoms with Crippen molar-refractivity contribution in [2.75, 3.05) is 53.5 Å². The molecule has 31 heavy (non-hydrogen) atoms. The summed E-state index contributed by atoms with van der Waals surface area (Å²) in [5, 5.41) is 13.7. The van der Waals surface area contributed by atoms with Crippen LogP contribution in [0.15, 0.2) is 23.2 Å². The van der Waals surface area contributed by atoms with Crippen LogP contribution in [0.5, 0.6) is 11.5 Å². The van der Waals surface area contributed by atoms with E-state index in [1.165, 1.54) is 26.0 Å². The van der Waals surface area contributed by atoms with E-state index in [0.29, 0.717) is 55.7 Å². The predicted molar refractivity (Wildman–Crippen MR) is 125 cm³/mol.